The number of para-hydroxylation sites is 1. The molecule has 27 heavy (non-hydrogen) atoms. The minimum atomic E-state index is -3.88. The van der Waals surface area contributed by atoms with Gasteiger partial charge in [0.25, 0.3) is 0 Å². The van der Waals surface area contributed by atoms with Gasteiger partial charge in [-0.05, 0) is 62.3 Å². The molecule has 2 aromatic carbocycles. The first-order valence-electron chi connectivity index (χ1n) is 8.52. The number of hydrogen-bond donors (Lipinski definition) is 2. The van der Waals surface area contributed by atoms with Gasteiger partial charge in [0.1, 0.15) is 16.4 Å². The van der Waals surface area contributed by atoms with Crippen molar-refractivity contribution in [1.29, 1.82) is 0 Å². The van der Waals surface area contributed by atoms with Crippen molar-refractivity contribution in [2.75, 3.05) is 18.8 Å². The van der Waals surface area contributed by atoms with Crippen LogP contribution in [0, 0.1) is 5.41 Å². The van der Waals surface area contributed by atoms with Crippen molar-refractivity contribution in [3.63, 3.8) is 0 Å². The monoisotopic (exact) mass is 409 g/mol. The van der Waals surface area contributed by atoms with E-state index in [-0.39, 0.29) is 23.5 Å². The van der Waals surface area contributed by atoms with E-state index in [1.165, 1.54) is 6.07 Å². The van der Waals surface area contributed by atoms with Crippen molar-refractivity contribution in [1.82, 2.24) is 5.32 Å². The highest BCUT2D eigenvalue weighted by Crippen LogP contribution is 2.36. The minimum Gasteiger partial charge on any atom is -0.481 e. The van der Waals surface area contributed by atoms with E-state index >= 15 is 0 Å². The molecule has 6 nitrogen and oxygen atoms in total. The Kier molecular flexibility index (Phi) is 5.74. The van der Waals surface area contributed by atoms with Gasteiger partial charge in [-0.3, -0.25) is 4.79 Å². The van der Waals surface area contributed by atoms with Crippen molar-refractivity contribution < 1.29 is 23.1 Å². The highest BCUT2D eigenvalue weighted by atomic mass is 35.5. The maximum atomic E-state index is 13.1. The van der Waals surface area contributed by atoms with Crippen molar-refractivity contribution in [3.8, 4) is 11.5 Å². The lowest BCUT2D eigenvalue weighted by Gasteiger charge is -2.33. The van der Waals surface area contributed by atoms with Gasteiger partial charge < -0.3 is 15.2 Å². The third kappa shape index (κ3) is 4.43. The molecule has 1 saturated heterocycles. The number of carbonyl (C=O) groups is 1. The number of hydrogen-bond acceptors (Lipinski definition) is 5. The number of halogens is 1. The number of sulfone groups is 1. The Morgan fingerprint density at radius 3 is 2.37 bits per heavy atom. The van der Waals surface area contributed by atoms with E-state index in [9.17, 15) is 18.3 Å². The molecule has 0 radical (unpaired) electrons. The first-order valence-corrected chi connectivity index (χ1v) is 10.5. The Hall–Kier alpha value is -2.09. The summed E-state index contributed by atoms with van der Waals surface area (Å²) in [4.78, 5) is 11.8. The molecule has 0 saturated carbocycles. The molecule has 1 heterocycles. The van der Waals surface area contributed by atoms with Crippen LogP contribution >= 0.6 is 11.6 Å². The first kappa shape index (κ1) is 19.7. The van der Waals surface area contributed by atoms with Crippen LogP contribution in [0.4, 0.5) is 0 Å². The number of rotatable bonds is 6. The smallest absolute Gasteiger partial charge is 0.310 e. The molecular weight excluding hydrogens is 390 g/mol. The van der Waals surface area contributed by atoms with E-state index in [1.807, 2.05) is 0 Å². The molecule has 2 aromatic rings. The molecule has 144 valence electrons. The number of piperidine rings is 1. The summed E-state index contributed by atoms with van der Waals surface area (Å²) in [5, 5.41) is 13.3. The second-order valence-electron chi connectivity index (χ2n) is 6.60. The molecule has 8 heteroatoms. The molecule has 0 amide bonds. The van der Waals surface area contributed by atoms with Gasteiger partial charge in [-0.15, -0.1) is 0 Å². The van der Waals surface area contributed by atoms with Gasteiger partial charge >= 0.3 is 5.97 Å². The number of nitrogens with one attached hydrogen (secondary N) is 1. The summed E-state index contributed by atoms with van der Waals surface area (Å²) in [6.07, 6.45) is 0.531. The summed E-state index contributed by atoms with van der Waals surface area (Å²) in [7, 11) is -3.88. The van der Waals surface area contributed by atoms with Crippen LogP contribution in [0.15, 0.2) is 53.4 Å². The number of benzene rings is 2. The predicted octanol–water partition coefficient (Wildman–Crippen LogP) is 3.36. The average Bonchev–Trinajstić information content (AvgIpc) is 2.64. The van der Waals surface area contributed by atoms with Crippen LogP contribution < -0.4 is 10.1 Å². The Labute approximate surface area is 163 Å². The molecule has 1 aliphatic heterocycles. The number of ether oxygens (including phenoxy) is 1. The normalized spacial score (nSPS) is 16.6. The SMILES string of the molecule is O=C(O)C1(CS(=O)(=O)c2ccccc2Oc2ccc(Cl)cc2)CCNCC1. The third-order valence-corrected chi connectivity index (χ3v) is 6.90. The maximum absolute atomic E-state index is 13.1. The van der Waals surface area contributed by atoms with Crippen molar-refractivity contribution in [3.05, 3.63) is 53.6 Å². The lowest BCUT2D eigenvalue weighted by molar-refractivity contribution is -0.149. The zero-order valence-electron chi connectivity index (χ0n) is 14.5. The van der Waals surface area contributed by atoms with Gasteiger partial charge in [-0.1, -0.05) is 23.7 Å². The van der Waals surface area contributed by atoms with Gasteiger partial charge in [0.2, 0.25) is 0 Å². The summed E-state index contributed by atoms with van der Waals surface area (Å²) < 4.78 is 31.9. The Balaban J connectivity index is 1.92. The molecule has 0 unspecified atom stereocenters. The quantitative estimate of drug-likeness (QED) is 0.759. The van der Waals surface area contributed by atoms with Crippen molar-refractivity contribution >= 4 is 27.4 Å². The average molecular weight is 410 g/mol. The van der Waals surface area contributed by atoms with Crippen LogP contribution in [-0.2, 0) is 14.6 Å². The summed E-state index contributed by atoms with van der Waals surface area (Å²) >= 11 is 5.86. The number of aliphatic carboxylic acids is 1. The Morgan fingerprint density at radius 2 is 1.74 bits per heavy atom. The summed E-state index contributed by atoms with van der Waals surface area (Å²) in [6.45, 7) is 0.954. The molecule has 3 rings (SSSR count). The van der Waals surface area contributed by atoms with Gasteiger partial charge in [0.15, 0.2) is 9.84 Å². The van der Waals surface area contributed by atoms with Gasteiger partial charge in [-0.25, -0.2) is 8.42 Å². The summed E-state index contributed by atoms with van der Waals surface area (Å²) in [5.74, 6) is -0.937. The molecule has 0 bridgehead atoms. The summed E-state index contributed by atoms with van der Waals surface area (Å²) in [5.41, 5.74) is -1.29. The molecular formula is C19H20ClNO5S. The van der Waals surface area contributed by atoms with E-state index in [1.54, 1.807) is 42.5 Å². The van der Waals surface area contributed by atoms with E-state index in [0.717, 1.165) is 0 Å². The number of carboxylic acid groups (broad SMARTS) is 1. The van der Waals surface area contributed by atoms with E-state index in [2.05, 4.69) is 5.32 Å². The van der Waals surface area contributed by atoms with Crippen LogP contribution in [0.2, 0.25) is 5.02 Å². The third-order valence-electron chi connectivity index (χ3n) is 4.71. The molecule has 0 aromatic heterocycles. The topological polar surface area (TPSA) is 92.7 Å². The second-order valence-corrected chi connectivity index (χ2v) is 8.99. The van der Waals surface area contributed by atoms with Crippen LogP contribution in [-0.4, -0.2) is 38.3 Å². The molecule has 2 N–H and O–H groups in total. The largest absolute Gasteiger partial charge is 0.481 e. The highest BCUT2D eigenvalue weighted by Gasteiger charge is 2.44. The van der Waals surface area contributed by atoms with Crippen LogP contribution in [0.3, 0.4) is 0 Å². The van der Waals surface area contributed by atoms with E-state index in [4.69, 9.17) is 16.3 Å². The standard InChI is InChI=1S/C19H20ClNO5S/c20-14-5-7-15(8-6-14)26-16-3-1-2-4-17(16)27(24,25)13-19(18(22)23)9-11-21-12-10-19/h1-8,21H,9-13H2,(H,22,23). The Bertz CT molecular complexity index is 921. The molecule has 1 fully saturated rings. The van der Waals surface area contributed by atoms with Crippen molar-refractivity contribution in [2.24, 2.45) is 5.41 Å². The highest BCUT2D eigenvalue weighted by molar-refractivity contribution is 7.91. The van der Waals surface area contributed by atoms with E-state index < -0.39 is 27.0 Å². The lowest BCUT2D eigenvalue weighted by Crippen LogP contribution is -2.46. The minimum absolute atomic E-state index is 0.0147. The van der Waals surface area contributed by atoms with Crippen LogP contribution in [0.1, 0.15) is 12.8 Å². The predicted molar refractivity (Wildman–Crippen MR) is 102 cm³/mol. The molecule has 0 aliphatic carbocycles. The lowest BCUT2D eigenvalue weighted by atomic mass is 9.81. The molecule has 0 atom stereocenters. The van der Waals surface area contributed by atoms with Gasteiger partial charge in [0, 0.05) is 5.02 Å². The molecule has 1 aliphatic rings. The first-order chi connectivity index (χ1) is 12.8. The van der Waals surface area contributed by atoms with Gasteiger partial charge in [0.05, 0.1) is 11.2 Å². The van der Waals surface area contributed by atoms with Crippen LogP contribution in [0.25, 0.3) is 0 Å². The fourth-order valence-electron chi connectivity index (χ4n) is 3.19. The van der Waals surface area contributed by atoms with Crippen molar-refractivity contribution in [2.45, 2.75) is 17.7 Å². The fraction of sp³-hybridized carbons (Fsp3) is 0.316. The second kappa shape index (κ2) is 7.88. The fourth-order valence-corrected chi connectivity index (χ4v) is 5.31. The maximum Gasteiger partial charge on any atom is 0.310 e. The molecule has 0 spiro atoms. The van der Waals surface area contributed by atoms with Crippen LogP contribution in [0.5, 0.6) is 11.5 Å². The zero-order chi connectivity index (χ0) is 19.5. The zero-order valence-corrected chi connectivity index (χ0v) is 16.1. The van der Waals surface area contributed by atoms with Gasteiger partial charge in [-0.2, -0.15) is 0 Å². The Morgan fingerprint density at radius 1 is 1.11 bits per heavy atom. The number of carboxylic acids is 1. The van der Waals surface area contributed by atoms with E-state index in [0.29, 0.717) is 23.9 Å². The summed E-state index contributed by atoms with van der Waals surface area (Å²) in [6, 6.07) is 12.8.